The molecule has 0 bridgehead atoms. The van der Waals surface area contributed by atoms with Gasteiger partial charge in [-0.25, -0.2) is 0 Å². The summed E-state index contributed by atoms with van der Waals surface area (Å²) in [5, 5.41) is 0. The number of aryl methyl sites for hydroxylation is 3. The fourth-order valence-electron chi connectivity index (χ4n) is 4.79. The van der Waals surface area contributed by atoms with Crippen molar-refractivity contribution in [1.29, 1.82) is 0 Å². The number of H-pyrrole nitrogens is 1. The van der Waals surface area contributed by atoms with Gasteiger partial charge in [-0.2, -0.15) is 0 Å². The van der Waals surface area contributed by atoms with Crippen LogP contribution < -0.4 is 4.90 Å². The molecule has 5 heteroatoms. The Morgan fingerprint density at radius 1 is 1.18 bits per heavy atom. The number of carbonyl (C=O) groups is 2. The molecule has 186 valence electrons. The maximum absolute atomic E-state index is 13.6. The number of anilines is 1. The summed E-state index contributed by atoms with van der Waals surface area (Å²) in [5.74, 6) is 0.0640. The first kappa shape index (κ1) is 26.1. The Hall–Kier alpha value is -2.56. The van der Waals surface area contributed by atoms with Gasteiger partial charge in [-0.3, -0.25) is 9.59 Å². The van der Waals surface area contributed by atoms with E-state index < -0.39 is 6.04 Å². The van der Waals surface area contributed by atoms with Crippen molar-refractivity contribution in [2.45, 2.75) is 106 Å². The number of nitrogens with one attached hydrogen (secondary N) is 1. The molecule has 0 aliphatic carbocycles. The molecule has 2 aliphatic heterocycles. The fraction of sp³-hybridized carbons (Fsp3) is 0.586. The Bertz CT molecular complexity index is 1040. The van der Waals surface area contributed by atoms with Crippen molar-refractivity contribution in [3.05, 3.63) is 52.3 Å². The minimum Gasteiger partial charge on any atom is -0.360 e. The topological polar surface area (TPSA) is 56.2 Å². The lowest BCUT2D eigenvalue weighted by Gasteiger charge is -2.29. The van der Waals surface area contributed by atoms with Gasteiger partial charge < -0.3 is 14.8 Å². The van der Waals surface area contributed by atoms with Gasteiger partial charge in [0.05, 0.1) is 6.04 Å². The quantitative estimate of drug-likeness (QED) is 0.521. The molecular formula is C29H43N3O2. The number of hydrogen-bond donors (Lipinski definition) is 1. The summed E-state index contributed by atoms with van der Waals surface area (Å²) in [6.07, 6.45) is 3.83. The van der Waals surface area contributed by atoms with Crippen molar-refractivity contribution >= 4 is 17.5 Å². The standard InChI is InChI=1S/C24H31N3O2.C5H12/c1-6-8-19-12-17(7-2)22(25-19)21-13-18-11-14(3)9-10-20(18)27(21)24(29)16(5)26-15(4)23(26)28;1-5(2,3)4/h9-12,15-16,21,25H,6-8,13H2,1-5H3;1-4H3. The predicted molar refractivity (Wildman–Crippen MR) is 140 cm³/mol. The van der Waals surface area contributed by atoms with Crippen molar-refractivity contribution in [3.8, 4) is 0 Å². The van der Waals surface area contributed by atoms with Crippen LogP contribution in [-0.2, 0) is 28.9 Å². The lowest BCUT2D eigenvalue weighted by molar-refractivity contribution is -0.125. The molecule has 3 heterocycles. The summed E-state index contributed by atoms with van der Waals surface area (Å²) in [4.78, 5) is 32.8. The second kappa shape index (κ2) is 9.97. The van der Waals surface area contributed by atoms with Gasteiger partial charge in [0.15, 0.2) is 0 Å². The van der Waals surface area contributed by atoms with E-state index in [1.54, 1.807) is 4.90 Å². The zero-order chi connectivity index (χ0) is 25.4. The van der Waals surface area contributed by atoms with E-state index in [9.17, 15) is 9.59 Å². The molecule has 4 rings (SSSR count). The van der Waals surface area contributed by atoms with Gasteiger partial charge in [-0.1, -0.05) is 65.7 Å². The normalized spacial score (nSPS) is 20.1. The molecule has 1 aromatic heterocycles. The summed E-state index contributed by atoms with van der Waals surface area (Å²) in [5.41, 5.74) is 7.55. The smallest absolute Gasteiger partial charge is 0.250 e. The van der Waals surface area contributed by atoms with Crippen molar-refractivity contribution in [2.24, 2.45) is 5.41 Å². The lowest BCUT2D eigenvalue weighted by Crippen LogP contribution is -2.43. The molecule has 3 unspecified atom stereocenters. The van der Waals surface area contributed by atoms with Gasteiger partial charge in [-0.05, 0) is 62.3 Å². The monoisotopic (exact) mass is 465 g/mol. The second-order valence-corrected chi connectivity index (χ2v) is 11.5. The number of aromatic amines is 1. The third-order valence-electron chi connectivity index (χ3n) is 6.42. The Labute approximate surface area is 205 Å². The average molecular weight is 466 g/mol. The second-order valence-electron chi connectivity index (χ2n) is 11.5. The maximum atomic E-state index is 13.6. The highest BCUT2D eigenvalue weighted by molar-refractivity contribution is 6.06. The molecule has 1 N–H and O–H groups in total. The van der Waals surface area contributed by atoms with Crippen molar-refractivity contribution < 1.29 is 9.59 Å². The molecule has 1 fully saturated rings. The summed E-state index contributed by atoms with van der Waals surface area (Å²) in [7, 11) is 0. The number of carbonyl (C=O) groups excluding carboxylic acids is 2. The largest absolute Gasteiger partial charge is 0.360 e. The summed E-state index contributed by atoms with van der Waals surface area (Å²) < 4.78 is 0. The molecule has 2 amide bonds. The number of rotatable bonds is 6. The van der Waals surface area contributed by atoms with E-state index in [1.807, 2.05) is 18.7 Å². The lowest BCUT2D eigenvalue weighted by atomic mass is 10.0. The van der Waals surface area contributed by atoms with Gasteiger partial charge >= 0.3 is 0 Å². The molecule has 0 saturated carbocycles. The molecule has 2 aromatic rings. The van der Waals surface area contributed by atoms with Crippen LogP contribution in [-0.4, -0.2) is 33.8 Å². The van der Waals surface area contributed by atoms with E-state index in [2.05, 4.69) is 77.7 Å². The van der Waals surface area contributed by atoms with Gasteiger partial charge in [0.1, 0.15) is 12.1 Å². The average Bonchev–Trinajstić information content (AvgIpc) is 3.08. The molecule has 2 aliphatic rings. The van der Waals surface area contributed by atoms with Gasteiger partial charge in [-0.15, -0.1) is 0 Å². The number of aromatic nitrogens is 1. The SMILES string of the molecule is CC(C)(C)C.CCCc1cc(CC)c(C2Cc3cc(C)ccc3N2C(=O)C(C)N2C(=O)C2C)[nH]1. The number of amides is 2. The highest BCUT2D eigenvalue weighted by Gasteiger charge is 2.50. The van der Waals surface area contributed by atoms with Crippen molar-refractivity contribution in [1.82, 2.24) is 9.88 Å². The van der Waals surface area contributed by atoms with Crippen LogP contribution in [0.4, 0.5) is 5.69 Å². The van der Waals surface area contributed by atoms with E-state index in [0.29, 0.717) is 5.41 Å². The van der Waals surface area contributed by atoms with Gasteiger partial charge in [0.25, 0.3) is 0 Å². The molecular weight excluding hydrogens is 422 g/mol. The molecule has 0 radical (unpaired) electrons. The Morgan fingerprint density at radius 2 is 1.79 bits per heavy atom. The Morgan fingerprint density at radius 3 is 2.32 bits per heavy atom. The molecule has 5 nitrogen and oxygen atoms in total. The minimum atomic E-state index is -0.442. The van der Waals surface area contributed by atoms with Crippen LogP contribution in [0.25, 0.3) is 0 Å². The van der Waals surface area contributed by atoms with Crippen LogP contribution in [0, 0.1) is 12.3 Å². The first-order valence-electron chi connectivity index (χ1n) is 12.8. The Balaban J connectivity index is 0.000000588. The molecule has 34 heavy (non-hydrogen) atoms. The summed E-state index contributed by atoms with van der Waals surface area (Å²) in [6, 6.07) is 7.93. The molecule has 1 aromatic carbocycles. The van der Waals surface area contributed by atoms with Crippen LogP contribution in [0.3, 0.4) is 0 Å². The van der Waals surface area contributed by atoms with E-state index in [4.69, 9.17) is 0 Å². The molecule has 3 atom stereocenters. The van der Waals surface area contributed by atoms with E-state index >= 15 is 0 Å². The zero-order valence-electron chi connectivity index (χ0n) is 22.6. The minimum absolute atomic E-state index is 0.00370. The van der Waals surface area contributed by atoms with E-state index in [1.165, 1.54) is 22.4 Å². The first-order chi connectivity index (χ1) is 15.9. The van der Waals surface area contributed by atoms with Crippen LogP contribution in [0.15, 0.2) is 24.3 Å². The number of benzene rings is 1. The highest BCUT2D eigenvalue weighted by atomic mass is 16.2. The van der Waals surface area contributed by atoms with Gasteiger partial charge in [0, 0.05) is 23.5 Å². The van der Waals surface area contributed by atoms with Crippen molar-refractivity contribution in [3.63, 3.8) is 0 Å². The summed E-state index contributed by atoms with van der Waals surface area (Å²) >= 11 is 0. The van der Waals surface area contributed by atoms with Gasteiger partial charge in [0.2, 0.25) is 11.8 Å². The number of fused-ring (bicyclic) bond motifs is 1. The third-order valence-corrected chi connectivity index (χ3v) is 6.42. The molecule has 0 spiro atoms. The van der Waals surface area contributed by atoms with Crippen LogP contribution in [0.2, 0.25) is 0 Å². The fourth-order valence-corrected chi connectivity index (χ4v) is 4.79. The van der Waals surface area contributed by atoms with Crippen molar-refractivity contribution in [2.75, 3.05) is 4.90 Å². The summed E-state index contributed by atoms with van der Waals surface area (Å²) in [6.45, 7) is 18.9. The zero-order valence-corrected chi connectivity index (χ0v) is 22.6. The van der Waals surface area contributed by atoms with Crippen LogP contribution in [0.5, 0.6) is 0 Å². The highest BCUT2D eigenvalue weighted by Crippen LogP contribution is 2.43. The third kappa shape index (κ3) is 5.56. The number of nitrogens with zero attached hydrogens (tertiary/aromatic N) is 2. The predicted octanol–water partition coefficient (Wildman–Crippen LogP) is 6.14. The first-order valence-corrected chi connectivity index (χ1v) is 12.8. The maximum Gasteiger partial charge on any atom is 0.250 e. The van der Waals surface area contributed by atoms with E-state index in [-0.39, 0.29) is 23.9 Å². The number of hydrogen-bond acceptors (Lipinski definition) is 2. The Kier molecular flexibility index (Phi) is 7.64. The van der Waals surface area contributed by atoms with E-state index in [0.717, 1.165) is 37.1 Å². The van der Waals surface area contributed by atoms with Crippen LogP contribution >= 0.6 is 0 Å². The van der Waals surface area contributed by atoms with Crippen LogP contribution in [0.1, 0.15) is 95.9 Å². The molecule has 1 saturated heterocycles.